The lowest BCUT2D eigenvalue weighted by atomic mass is 10.0. The quantitative estimate of drug-likeness (QED) is 0.743. The van der Waals surface area contributed by atoms with Gasteiger partial charge in [-0.2, -0.15) is 0 Å². The van der Waals surface area contributed by atoms with E-state index in [1.807, 2.05) is 19.2 Å². The highest BCUT2D eigenvalue weighted by molar-refractivity contribution is 5.83. The van der Waals surface area contributed by atoms with E-state index in [1.54, 1.807) is 12.1 Å². The molecule has 2 nitrogen and oxygen atoms in total. The fourth-order valence-corrected chi connectivity index (χ4v) is 3.07. The van der Waals surface area contributed by atoms with Gasteiger partial charge in [-0.25, -0.2) is 4.39 Å². The van der Waals surface area contributed by atoms with Gasteiger partial charge in [0.1, 0.15) is 5.82 Å². The van der Waals surface area contributed by atoms with Crippen molar-refractivity contribution in [2.75, 3.05) is 13.6 Å². The lowest BCUT2D eigenvalue weighted by molar-refractivity contribution is 0.537. The molecule has 1 aromatic heterocycles. The molecule has 0 aliphatic heterocycles. The average molecular weight is 296 g/mol. The van der Waals surface area contributed by atoms with E-state index in [-0.39, 0.29) is 11.9 Å². The highest BCUT2D eigenvalue weighted by Crippen LogP contribution is 2.29. The van der Waals surface area contributed by atoms with Gasteiger partial charge in [-0.15, -0.1) is 0 Å². The molecule has 0 fully saturated rings. The van der Waals surface area contributed by atoms with Crippen LogP contribution in [0.25, 0.3) is 10.9 Å². The Morgan fingerprint density at radius 3 is 2.55 bits per heavy atom. The van der Waals surface area contributed by atoms with Crippen LogP contribution >= 0.6 is 0 Å². The molecule has 0 saturated carbocycles. The van der Waals surface area contributed by atoms with Crippen LogP contribution in [0.4, 0.5) is 4.39 Å². The second-order valence-corrected chi connectivity index (χ2v) is 5.70. The van der Waals surface area contributed by atoms with Crippen LogP contribution in [0.3, 0.4) is 0 Å². The number of fused-ring (bicyclic) bond motifs is 1. The van der Waals surface area contributed by atoms with E-state index in [4.69, 9.17) is 0 Å². The van der Waals surface area contributed by atoms with Crippen molar-refractivity contribution in [1.29, 1.82) is 0 Å². The third kappa shape index (κ3) is 2.77. The van der Waals surface area contributed by atoms with Crippen LogP contribution in [0.1, 0.15) is 23.6 Å². The standard InChI is InChI=1S/C19H21FN2/c1-14-13-22(19-6-4-3-5-17(14)19)18(11-12-21-2)15-7-9-16(20)10-8-15/h3-10,13,18,21H,11-12H2,1-2H3. The molecule has 3 aromatic rings. The van der Waals surface area contributed by atoms with Crippen LogP contribution in [-0.2, 0) is 0 Å². The molecule has 114 valence electrons. The number of nitrogens with one attached hydrogen (secondary N) is 1. The van der Waals surface area contributed by atoms with Gasteiger partial charge >= 0.3 is 0 Å². The first kappa shape index (κ1) is 14.8. The van der Waals surface area contributed by atoms with Crippen molar-refractivity contribution in [3.63, 3.8) is 0 Å². The van der Waals surface area contributed by atoms with E-state index in [9.17, 15) is 4.39 Å². The number of aromatic nitrogens is 1. The maximum absolute atomic E-state index is 13.2. The number of hydrogen-bond acceptors (Lipinski definition) is 1. The fourth-order valence-electron chi connectivity index (χ4n) is 3.07. The Hall–Kier alpha value is -2.13. The largest absolute Gasteiger partial charge is 0.340 e. The van der Waals surface area contributed by atoms with Crippen molar-refractivity contribution in [2.45, 2.75) is 19.4 Å². The van der Waals surface area contributed by atoms with Crippen LogP contribution in [0.2, 0.25) is 0 Å². The first-order chi connectivity index (χ1) is 10.7. The van der Waals surface area contributed by atoms with Crippen molar-refractivity contribution in [3.05, 3.63) is 71.7 Å². The van der Waals surface area contributed by atoms with E-state index in [0.717, 1.165) is 18.5 Å². The molecular formula is C19H21FN2. The summed E-state index contributed by atoms with van der Waals surface area (Å²) in [5.74, 6) is -0.190. The predicted octanol–water partition coefficient (Wildman–Crippen LogP) is 4.29. The Kier molecular flexibility index (Phi) is 4.25. The van der Waals surface area contributed by atoms with Gasteiger partial charge in [-0.3, -0.25) is 0 Å². The summed E-state index contributed by atoms with van der Waals surface area (Å²) in [6.45, 7) is 3.05. The number of halogens is 1. The lowest BCUT2D eigenvalue weighted by Gasteiger charge is -2.21. The normalized spacial score (nSPS) is 12.7. The smallest absolute Gasteiger partial charge is 0.123 e. The minimum Gasteiger partial charge on any atom is -0.340 e. The minimum atomic E-state index is -0.190. The topological polar surface area (TPSA) is 17.0 Å². The molecule has 0 saturated heterocycles. The van der Waals surface area contributed by atoms with E-state index in [2.05, 4.69) is 47.3 Å². The number of benzene rings is 2. The first-order valence-electron chi connectivity index (χ1n) is 7.67. The molecule has 0 bridgehead atoms. The van der Waals surface area contributed by atoms with Gasteiger partial charge in [0.25, 0.3) is 0 Å². The molecule has 0 aliphatic rings. The van der Waals surface area contributed by atoms with Gasteiger partial charge in [0.05, 0.1) is 6.04 Å². The summed E-state index contributed by atoms with van der Waals surface area (Å²) in [7, 11) is 1.96. The van der Waals surface area contributed by atoms with E-state index in [1.165, 1.54) is 16.5 Å². The zero-order valence-corrected chi connectivity index (χ0v) is 13.0. The highest BCUT2D eigenvalue weighted by atomic mass is 19.1. The number of rotatable bonds is 5. The van der Waals surface area contributed by atoms with Crippen LogP contribution in [0, 0.1) is 12.7 Å². The summed E-state index contributed by atoms with van der Waals surface area (Å²) in [6.07, 6.45) is 3.16. The minimum absolute atomic E-state index is 0.190. The summed E-state index contributed by atoms with van der Waals surface area (Å²) in [6, 6.07) is 15.5. The highest BCUT2D eigenvalue weighted by Gasteiger charge is 2.16. The Bertz CT molecular complexity index is 759. The predicted molar refractivity (Wildman–Crippen MR) is 89.8 cm³/mol. The molecule has 2 aromatic carbocycles. The van der Waals surface area contributed by atoms with Crippen molar-refractivity contribution < 1.29 is 4.39 Å². The molecule has 0 amide bonds. The molecule has 1 heterocycles. The summed E-state index contributed by atoms with van der Waals surface area (Å²) in [5, 5.41) is 4.49. The second kappa shape index (κ2) is 6.32. The van der Waals surface area contributed by atoms with Crippen LogP contribution in [0.15, 0.2) is 54.7 Å². The van der Waals surface area contributed by atoms with E-state index < -0.39 is 0 Å². The average Bonchev–Trinajstić information content (AvgIpc) is 2.87. The third-order valence-corrected chi connectivity index (χ3v) is 4.20. The molecule has 22 heavy (non-hydrogen) atoms. The summed E-state index contributed by atoms with van der Waals surface area (Å²) in [4.78, 5) is 0. The third-order valence-electron chi connectivity index (χ3n) is 4.20. The number of aryl methyl sites for hydroxylation is 1. The zero-order valence-electron chi connectivity index (χ0n) is 13.0. The molecular weight excluding hydrogens is 275 g/mol. The SMILES string of the molecule is CNCCC(c1ccc(F)cc1)n1cc(C)c2ccccc21. The number of nitrogens with zero attached hydrogens (tertiary/aromatic N) is 1. The second-order valence-electron chi connectivity index (χ2n) is 5.70. The van der Waals surface area contributed by atoms with Crippen LogP contribution in [0.5, 0.6) is 0 Å². The number of para-hydroxylation sites is 1. The molecule has 0 spiro atoms. The molecule has 0 radical (unpaired) electrons. The maximum Gasteiger partial charge on any atom is 0.123 e. The monoisotopic (exact) mass is 296 g/mol. The molecule has 0 aliphatic carbocycles. The van der Waals surface area contributed by atoms with Crippen molar-refractivity contribution in [1.82, 2.24) is 9.88 Å². The van der Waals surface area contributed by atoms with Crippen molar-refractivity contribution >= 4 is 10.9 Å². The maximum atomic E-state index is 13.2. The van der Waals surface area contributed by atoms with E-state index in [0.29, 0.717) is 0 Å². The molecule has 1 atom stereocenters. The van der Waals surface area contributed by atoms with Gasteiger partial charge < -0.3 is 9.88 Å². The Balaban J connectivity index is 2.09. The Morgan fingerprint density at radius 1 is 1.09 bits per heavy atom. The van der Waals surface area contributed by atoms with Gasteiger partial charge in [-0.05, 0) is 56.3 Å². The van der Waals surface area contributed by atoms with Crippen LogP contribution in [-0.4, -0.2) is 18.2 Å². The summed E-state index contributed by atoms with van der Waals surface area (Å²) in [5.41, 5.74) is 3.63. The molecule has 1 N–H and O–H groups in total. The number of hydrogen-bond donors (Lipinski definition) is 1. The molecule has 1 unspecified atom stereocenters. The summed E-state index contributed by atoms with van der Waals surface area (Å²) >= 11 is 0. The summed E-state index contributed by atoms with van der Waals surface area (Å²) < 4.78 is 15.6. The first-order valence-corrected chi connectivity index (χ1v) is 7.67. The van der Waals surface area contributed by atoms with Gasteiger partial charge in [0.15, 0.2) is 0 Å². The van der Waals surface area contributed by atoms with Crippen molar-refractivity contribution in [2.24, 2.45) is 0 Å². The Morgan fingerprint density at radius 2 is 1.82 bits per heavy atom. The van der Waals surface area contributed by atoms with Gasteiger partial charge in [-0.1, -0.05) is 30.3 Å². The van der Waals surface area contributed by atoms with Gasteiger partial charge in [0, 0.05) is 17.1 Å². The van der Waals surface area contributed by atoms with E-state index >= 15 is 0 Å². The fraction of sp³-hybridized carbons (Fsp3) is 0.263. The molecule has 3 heteroatoms. The van der Waals surface area contributed by atoms with Crippen molar-refractivity contribution in [3.8, 4) is 0 Å². The Labute approximate surface area is 130 Å². The zero-order chi connectivity index (χ0) is 15.5. The molecule has 3 rings (SSSR count). The van der Waals surface area contributed by atoms with Crippen LogP contribution < -0.4 is 5.32 Å². The lowest BCUT2D eigenvalue weighted by Crippen LogP contribution is -2.17. The van der Waals surface area contributed by atoms with Gasteiger partial charge in [0.2, 0.25) is 0 Å².